The second kappa shape index (κ2) is 3.23. The van der Waals surface area contributed by atoms with Crippen molar-refractivity contribution in [2.45, 2.75) is 38.6 Å². The first-order valence-corrected chi connectivity index (χ1v) is 5.07. The van der Waals surface area contributed by atoms with E-state index >= 15 is 0 Å². The van der Waals surface area contributed by atoms with Gasteiger partial charge in [-0.1, -0.05) is 0 Å². The zero-order valence-corrected chi connectivity index (χ0v) is 8.75. The quantitative estimate of drug-likeness (QED) is 0.597. The maximum absolute atomic E-state index is 5.82. The van der Waals surface area contributed by atoms with E-state index in [0.717, 1.165) is 26.2 Å². The average Bonchev–Trinajstić information content (AvgIpc) is 2.65. The molecule has 3 nitrogen and oxygen atoms in total. The van der Waals surface area contributed by atoms with E-state index in [4.69, 9.17) is 9.47 Å². The first-order valence-electron chi connectivity index (χ1n) is 5.07. The Hall–Kier alpha value is -0.120. The molecule has 2 aliphatic rings. The molecule has 2 aliphatic heterocycles. The van der Waals surface area contributed by atoms with Crippen molar-refractivity contribution in [2.75, 3.05) is 26.2 Å². The van der Waals surface area contributed by atoms with Crippen molar-refractivity contribution in [3.05, 3.63) is 0 Å². The van der Waals surface area contributed by atoms with E-state index < -0.39 is 0 Å². The van der Waals surface area contributed by atoms with Crippen LogP contribution in [0, 0.1) is 0 Å². The fourth-order valence-corrected chi connectivity index (χ4v) is 2.19. The lowest BCUT2D eigenvalue weighted by molar-refractivity contribution is -0.129. The van der Waals surface area contributed by atoms with Crippen molar-refractivity contribution in [2.24, 2.45) is 0 Å². The number of hydrogen-bond donors (Lipinski definition) is 0. The van der Waals surface area contributed by atoms with Crippen LogP contribution in [0.15, 0.2) is 0 Å². The maximum atomic E-state index is 5.82. The SMILES string of the molecule is CC1CN(CC2CO2)CC(C)(C)O1. The minimum atomic E-state index is 0.00650. The molecule has 0 spiro atoms. The van der Waals surface area contributed by atoms with Gasteiger partial charge in [0, 0.05) is 19.6 Å². The molecule has 0 aromatic rings. The zero-order valence-electron chi connectivity index (χ0n) is 8.75. The molecule has 0 radical (unpaired) electrons. The monoisotopic (exact) mass is 185 g/mol. The van der Waals surface area contributed by atoms with E-state index in [0.29, 0.717) is 12.2 Å². The van der Waals surface area contributed by atoms with Gasteiger partial charge in [-0.15, -0.1) is 0 Å². The second-order valence-corrected chi connectivity index (χ2v) is 4.84. The molecule has 0 saturated carbocycles. The van der Waals surface area contributed by atoms with Crippen molar-refractivity contribution in [1.82, 2.24) is 4.90 Å². The Kier molecular flexibility index (Phi) is 2.34. The number of morpholine rings is 1. The first-order chi connectivity index (χ1) is 6.05. The van der Waals surface area contributed by atoms with E-state index in [1.165, 1.54) is 0 Å². The lowest BCUT2D eigenvalue weighted by atomic mass is 10.1. The summed E-state index contributed by atoms with van der Waals surface area (Å²) < 4.78 is 11.1. The Bertz CT molecular complexity index is 187. The molecule has 2 unspecified atom stereocenters. The third-order valence-corrected chi connectivity index (χ3v) is 2.50. The standard InChI is InChI=1S/C10H19NO2/c1-8-4-11(5-9-6-12-9)7-10(2,3)13-8/h8-9H,4-7H2,1-3H3. The average molecular weight is 185 g/mol. The minimum Gasteiger partial charge on any atom is -0.372 e. The van der Waals surface area contributed by atoms with E-state index in [1.807, 2.05) is 0 Å². The van der Waals surface area contributed by atoms with Gasteiger partial charge in [-0.25, -0.2) is 0 Å². The van der Waals surface area contributed by atoms with E-state index in [9.17, 15) is 0 Å². The topological polar surface area (TPSA) is 25.0 Å². The molecule has 0 bridgehead atoms. The van der Waals surface area contributed by atoms with Gasteiger partial charge in [0.25, 0.3) is 0 Å². The van der Waals surface area contributed by atoms with Gasteiger partial charge in [0.2, 0.25) is 0 Å². The molecule has 0 aliphatic carbocycles. The molecular formula is C10H19NO2. The highest BCUT2D eigenvalue weighted by Gasteiger charge is 2.34. The molecule has 2 heterocycles. The van der Waals surface area contributed by atoms with Crippen LogP contribution in [0.3, 0.4) is 0 Å². The molecule has 0 aromatic carbocycles. The molecule has 0 aromatic heterocycles. The van der Waals surface area contributed by atoms with Crippen molar-refractivity contribution in [3.63, 3.8) is 0 Å². The summed E-state index contributed by atoms with van der Waals surface area (Å²) >= 11 is 0. The largest absolute Gasteiger partial charge is 0.372 e. The molecule has 3 heteroatoms. The summed E-state index contributed by atoms with van der Waals surface area (Å²) in [6.45, 7) is 10.6. The Morgan fingerprint density at radius 3 is 2.69 bits per heavy atom. The summed E-state index contributed by atoms with van der Waals surface area (Å²) in [4.78, 5) is 2.45. The molecule has 2 fully saturated rings. The van der Waals surface area contributed by atoms with Crippen molar-refractivity contribution in [3.8, 4) is 0 Å². The number of rotatable bonds is 2. The highest BCUT2D eigenvalue weighted by atomic mass is 16.6. The predicted octanol–water partition coefficient (Wildman–Crippen LogP) is 0.884. The van der Waals surface area contributed by atoms with Gasteiger partial charge in [0.15, 0.2) is 0 Å². The molecule has 0 N–H and O–H groups in total. The molecule has 2 rings (SSSR count). The lowest BCUT2D eigenvalue weighted by Crippen LogP contribution is -2.52. The van der Waals surface area contributed by atoms with Crippen LogP contribution in [0.4, 0.5) is 0 Å². The van der Waals surface area contributed by atoms with Crippen LogP contribution in [-0.2, 0) is 9.47 Å². The van der Waals surface area contributed by atoms with Crippen molar-refractivity contribution >= 4 is 0 Å². The Morgan fingerprint density at radius 1 is 1.46 bits per heavy atom. The van der Waals surface area contributed by atoms with Gasteiger partial charge in [-0.3, -0.25) is 4.90 Å². The van der Waals surface area contributed by atoms with Gasteiger partial charge in [-0.05, 0) is 20.8 Å². The third-order valence-electron chi connectivity index (χ3n) is 2.50. The van der Waals surface area contributed by atoms with Crippen LogP contribution in [0.1, 0.15) is 20.8 Å². The lowest BCUT2D eigenvalue weighted by Gasteiger charge is -2.41. The summed E-state index contributed by atoms with van der Waals surface area (Å²) in [7, 11) is 0. The molecule has 76 valence electrons. The Labute approximate surface area is 80.0 Å². The first kappa shape index (κ1) is 9.44. The maximum Gasteiger partial charge on any atom is 0.0936 e. The van der Waals surface area contributed by atoms with E-state index in [-0.39, 0.29) is 5.60 Å². The minimum absolute atomic E-state index is 0.00650. The van der Waals surface area contributed by atoms with Gasteiger partial charge in [0.05, 0.1) is 24.4 Å². The number of epoxide rings is 1. The van der Waals surface area contributed by atoms with Gasteiger partial charge in [-0.2, -0.15) is 0 Å². The van der Waals surface area contributed by atoms with E-state index in [1.54, 1.807) is 0 Å². The zero-order chi connectivity index (χ0) is 9.47. The predicted molar refractivity (Wildman–Crippen MR) is 50.8 cm³/mol. The fourth-order valence-electron chi connectivity index (χ4n) is 2.19. The van der Waals surface area contributed by atoms with Crippen molar-refractivity contribution < 1.29 is 9.47 Å². The summed E-state index contributed by atoms with van der Waals surface area (Å²) in [6, 6.07) is 0. The van der Waals surface area contributed by atoms with Gasteiger partial charge < -0.3 is 9.47 Å². The third kappa shape index (κ3) is 2.66. The van der Waals surface area contributed by atoms with Crippen LogP contribution in [0.25, 0.3) is 0 Å². The van der Waals surface area contributed by atoms with Crippen LogP contribution in [0.2, 0.25) is 0 Å². The number of ether oxygens (including phenoxy) is 2. The Morgan fingerprint density at radius 2 is 2.15 bits per heavy atom. The molecule has 0 amide bonds. The second-order valence-electron chi connectivity index (χ2n) is 4.84. The molecule has 13 heavy (non-hydrogen) atoms. The Balaban J connectivity index is 1.88. The van der Waals surface area contributed by atoms with Crippen LogP contribution < -0.4 is 0 Å². The highest BCUT2D eigenvalue weighted by Crippen LogP contribution is 2.22. The molecule has 2 saturated heterocycles. The highest BCUT2D eigenvalue weighted by molar-refractivity contribution is 4.85. The van der Waals surface area contributed by atoms with Gasteiger partial charge >= 0.3 is 0 Å². The summed E-state index contributed by atoms with van der Waals surface area (Å²) in [5, 5.41) is 0. The summed E-state index contributed by atoms with van der Waals surface area (Å²) in [6.07, 6.45) is 0.851. The van der Waals surface area contributed by atoms with Crippen LogP contribution >= 0.6 is 0 Å². The normalized spacial score (nSPS) is 39.0. The van der Waals surface area contributed by atoms with Crippen LogP contribution in [-0.4, -0.2) is 49.0 Å². The molecular weight excluding hydrogens is 166 g/mol. The van der Waals surface area contributed by atoms with E-state index in [2.05, 4.69) is 25.7 Å². The summed E-state index contributed by atoms with van der Waals surface area (Å²) in [5.74, 6) is 0. The van der Waals surface area contributed by atoms with Gasteiger partial charge in [0.1, 0.15) is 0 Å². The number of hydrogen-bond acceptors (Lipinski definition) is 3. The fraction of sp³-hybridized carbons (Fsp3) is 1.00. The number of nitrogens with zero attached hydrogens (tertiary/aromatic N) is 1. The van der Waals surface area contributed by atoms with Crippen LogP contribution in [0.5, 0.6) is 0 Å². The van der Waals surface area contributed by atoms with Crippen molar-refractivity contribution in [1.29, 1.82) is 0 Å². The smallest absolute Gasteiger partial charge is 0.0936 e. The molecule has 2 atom stereocenters. The summed E-state index contributed by atoms with van der Waals surface area (Å²) in [5.41, 5.74) is 0.00650.